The zero-order valence-electron chi connectivity index (χ0n) is 15.6. The highest BCUT2D eigenvalue weighted by Gasteiger charge is 2.13. The van der Waals surface area contributed by atoms with Gasteiger partial charge >= 0.3 is 0 Å². The van der Waals surface area contributed by atoms with E-state index >= 15 is 0 Å². The first-order chi connectivity index (χ1) is 14.5. The third kappa shape index (κ3) is 4.92. The van der Waals surface area contributed by atoms with Gasteiger partial charge in [-0.25, -0.2) is 0 Å². The Morgan fingerprint density at radius 2 is 1.80 bits per heavy atom. The molecule has 2 aromatic heterocycles. The molecule has 4 rings (SSSR count). The van der Waals surface area contributed by atoms with E-state index in [0.29, 0.717) is 39.0 Å². The van der Waals surface area contributed by atoms with Crippen LogP contribution in [0.25, 0.3) is 0 Å². The Kier molecular flexibility index (Phi) is 6.22. The lowest BCUT2D eigenvalue weighted by molar-refractivity contribution is 0.102. The summed E-state index contributed by atoms with van der Waals surface area (Å²) in [6, 6.07) is 14.7. The molecule has 0 aliphatic rings. The molecule has 0 saturated carbocycles. The van der Waals surface area contributed by atoms with Crippen molar-refractivity contribution < 1.29 is 4.79 Å². The number of aromatic nitrogens is 4. The highest BCUT2D eigenvalue weighted by molar-refractivity contribution is 9.10. The molecule has 152 valence electrons. The fourth-order valence-corrected chi connectivity index (χ4v) is 3.69. The smallest absolute Gasteiger partial charge is 0.256 e. The highest BCUT2D eigenvalue weighted by atomic mass is 79.9. The molecular formula is C21H16BrCl2N5O. The minimum Gasteiger partial charge on any atom is -0.304 e. The maximum absolute atomic E-state index is 12.7. The van der Waals surface area contributed by atoms with E-state index in [9.17, 15) is 4.79 Å². The molecule has 0 unspecified atom stereocenters. The highest BCUT2D eigenvalue weighted by Crippen LogP contribution is 2.25. The van der Waals surface area contributed by atoms with Gasteiger partial charge in [-0.3, -0.25) is 14.2 Å². The number of rotatable bonds is 6. The lowest BCUT2D eigenvalue weighted by Gasteiger charge is -2.06. The largest absolute Gasteiger partial charge is 0.304 e. The quantitative estimate of drug-likeness (QED) is 0.377. The van der Waals surface area contributed by atoms with Crippen LogP contribution in [-0.2, 0) is 13.1 Å². The van der Waals surface area contributed by atoms with E-state index in [-0.39, 0.29) is 5.91 Å². The zero-order valence-corrected chi connectivity index (χ0v) is 18.7. The van der Waals surface area contributed by atoms with Crippen molar-refractivity contribution in [3.8, 4) is 0 Å². The number of nitrogens with one attached hydrogen (secondary N) is 1. The van der Waals surface area contributed by atoms with Gasteiger partial charge < -0.3 is 5.32 Å². The van der Waals surface area contributed by atoms with Crippen LogP contribution in [0.15, 0.2) is 71.6 Å². The van der Waals surface area contributed by atoms with Gasteiger partial charge in [0.1, 0.15) is 0 Å². The van der Waals surface area contributed by atoms with E-state index in [4.69, 9.17) is 23.2 Å². The van der Waals surface area contributed by atoms with Crippen LogP contribution < -0.4 is 5.32 Å². The molecule has 0 bridgehead atoms. The van der Waals surface area contributed by atoms with Crippen LogP contribution >= 0.6 is 39.1 Å². The van der Waals surface area contributed by atoms with E-state index < -0.39 is 0 Å². The lowest BCUT2D eigenvalue weighted by Crippen LogP contribution is -2.14. The second-order valence-corrected chi connectivity index (χ2v) is 8.30. The lowest BCUT2D eigenvalue weighted by atomic mass is 10.1. The van der Waals surface area contributed by atoms with E-state index in [1.807, 2.05) is 36.5 Å². The Morgan fingerprint density at radius 1 is 1.00 bits per heavy atom. The molecule has 2 aromatic carbocycles. The molecule has 0 radical (unpaired) electrons. The van der Waals surface area contributed by atoms with Gasteiger partial charge in [-0.05, 0) is 57.4 Å². The Hall–Kier alpha value is -2.61. The fraction of sp³-hybridized carbons (Fsp3) is 0.0952. The topological polar surface area (TPSA) is 64.7 Å². The summed E-state index contributed by atoms with van der Waals surface area (Å²) in [5.74, 6) is 0.204. The van der Waals surface area contributed by atoms with E-state index in [1.54, 1.807) is 40.0 Å². The summed E-state index contributed by atoms with van der Waals surface area (Å²) in [6.45, 7) is 1.08. The van der Waals surface area contributed by atoms with Crippen molar-refractivity contribution in [3.63, 3.8) is 0 Å². The van der Waals surface area contributed by atoms with E-state index in [1.165, 1.54) is 0 Å². The van der Waals surface area contributed by atoms with Crippen molar-refractivity contribution in [3.05, 3.63) is 98.3 Å². The molecule has 0 spiro atoms. The Balaban J connectivity index is 1.46. The van der Waals surface area contributed by atoms with Crippen LogP contribution in [0.1, 0.15) is 21.5 Å². The van der Waals surface area contributed by atoms with Crippen LogP contribution in [0.4, 0.5) is 5.82 Å². The molecule has 1 N–H and O–H groups in total. The van der Waals surface area contributed by atoms with Gasteiger partial charge in [0.2, 0.25) is 0 Å². The first kappa shape index (κ1) is 20.7. The van der Waals surface area contributed by atoms with Gasteiger partial charge in [0.25, 0.3) is 5.91 Å². The Morgan fingerprint density at radius 3 is 2.57 bits per heavy atom. The molecule has 0 atom stereocenters. The molecule has 30 heavy (non-hydrogen) atoms. The van der Waals surface area contributed by atoms with Gasteiger partial charge in [-0.2, -0.15) is 10.2 Å². The van der Waals surface area contributed by atoms with Crippen molar-refractivity contribution in [1.82, 2.24) is 19.6 Å². The summed E-state index contributed by atoms with van der Waals surface area (Å²) in [6.07, 6.45) is 5.40. The standard InChI is InChI=1S/C21H16BrCl2N5O/c22-17-13-29(12-15-5-6-18(23)19(24)10-15)27-20(17)26-21(30)16-4-1-3-14(9-16)11-28-8-2-7-25-28/h1-10,13H,11-12H2,(H,26,27,30). The summed E-state index contributed by atoms with van der Waals surface area (Å²) < 4.78 is 4.20. The van der Waals surface area contributed by atoms with Crippen LogP contribution in [0.3, 0.4) is 0 Å². The zero-order chi connectivity index (χ0) is 21.1. The molecule has 0 saturated heterocycles. The van der Waals surface area contributed by atoms with Crippen LogP contribution in [0.5, 0.6) is 0 Å². The SMILES string of the molecule is O=C(Nc1nn(Cc2ccc(Cl)c(Cl)c2)cc1Br)c1cccc(Cn2cccn2)c1. The van der Waals surface area contributed by atoms with Gasteiger partial charge in [-0.1, -0.05) is 41.4 Å². The van der Waals surface area contributed by atoms with Gasteiger partial charge in [0.15, 0.2) is 5.82 Å². The van der Waals surface area contributed by atoms with Gasteiger partial charge in [0, 0.05) is 24.2 Å². The molecule has 0 aliphatic heterocycles. The van der Waals surface area contributed by atoms with E-state index in [0.717, 1.165) is 11.1 Å². The Labute approximate surface area is 191 Å². The number of nitrogens with zero attached hydrogens (tertiary/aromatic N) is 4. The minimum atomic E-state index is -0.238. The molecule has 1 amide bonds. The minimum absolute atomic E-state index is 0.238. The summed E-state index contributed by atoms with van der Waals surface area (Å²) >= 11 is 15.5. The number of hydrogen-bond donors (Lipinski definition) is 1. The fourth-order valence-electron chi connectivity index (χ4n) is 2.96. The first-order valence-electron chi connectivity index (χ1n) is 9.02. The summed E-state index contributed by atoms with van der Waals surface area (Å²) in [5, 5.41) is 12.5. The van der Waals surface area contributed by atoms with Crippen molar-refractivity contribution in [1.29, 1.82) is 0 Å². The number of hydrogen-bond acceptors (Lipinski definition) is 3. The van der Waals surface area contributed by atoms with Crippen LogP contribution in [0, 0.1) is 0 Å². The number of benzene rings is 2. The predicted octanol–water partition coefficient (Wildman–Crippen LogP) is 5.50. The number of amides is 1. The first-order valence-corrected chi connectivity index (χ1v) is 10.6. The molecule has 9 heteroatoms. The number of halogens is 3. The maximum Gasteiger partial charge on any atom is 0.256 e. The van der Waals surface area contributed by atoms with E-state index in [2.05, 4.69) is 31.4 Å². The van der Waals surface area contributed by atoms with Crippen molar-refractivity contribution in [2.75, 3.05) is 5.32 Å². The second kappa shape index (κ2) is 9.04. The molecule has 0 fully saturated rings. The average molecular weight is 505 g/mol. The Bertz CT molecular complexity index is 1190. The van der Waals surface area contributed by atoms with Crippen molar-refractivity contribution in [2.24, 2.45) is 0 Å². The van der Waals surface area contributed by atoms with Crippen molar-refractivity contribution >= 4 is 50.9 Å². The summed E-state index contributed by atoms with van der Waals surface area (Å²) in [7, 11) is 0. The normalized spacial score (nSPS) is 10.9. The molecule has 4 aromatic rings. The van der Waals surface area contributed by atoms with Crippen molar-refractivity contribution in [2.45, 2.75) is 13.1 Å². The molecular weight excluding hydrogens is 489 g/mol. The number of anilines is 1. The number of carbonyl (C=O) groups is 1. The second-order valence-electron chi connectivity index (χ2n) is 6.63. The number of carbonyl (C=O) groups excluding carboxylic acids is 1. The van der Waals surface area contributed by atoms with Crippen LogP contribution in [0.2, 0.25) is 10.0 Å². The third-order valence-corrected chi connectivity index (χ3v) is 5.69. The summed E-state index contributed by atoms with van der Waals surface area (Å²) in [5.41, 5.74) is 2.48. The monoisotopic (exact) mass is 503 g/mol. The summed E-state index contributed by atoms with van der Waals surface area (Å²) in [4.78, 5) is 12.7. The van der Waals surface area contributed by atoms with Gasteiger partial charge in [-0.15, -0.1) is 0 Å². The van der Waals surface area contributed by atoms with Gasteiger partial charge in [0.05, 0.1) is 27.6 Å². The average Bonchev–Trinajstić information content (AvgIpc) is 3.35. The maximum atomic E-state index is 12.7. The molecule has 0 aliphatic carbocycles. The molecule has 6 nitrogen and oxygen atoms in total. The predicted molar refractivity (Wildman–Crippen MR) is 121 cm³/mol. The van der Waals surface area contributed by atoms with Crippen LogP contribution in [-0.4, -0.2) is 25.5 Å². The molecule has 2 heterocycles. The third-order valence-electron chi connectivity index (χ3n) is 4.37.